The molecule has 22 heavy (non-hydrogen) atoms. The minimum Gasteiger partial charge on any atom is -0.465 e. The number of nitrogens with zero attached hydrogens (tertiary/aromatic N) is 3. The molecule has 0 atom stereocenters. The van der Waals surface area contributed by atoms with Gasteiger partial charge in [-0.25, -0.2) is 14.5 Å². The Morgan fingerprint density at radius 3 is 2.77 bits per heavy atom. The van der Waals surface area contributed by atoms with E-state index < -0.39 is 5.97 Å². The molecule has 3 rings (SSSR count). The first-order valence-corrected chi connectivity index (χ1v) is 7.05. The quantitative estimate of drug-likeness (QED) is 0.693. The van der Waals surface area contributed by atoms with Crippen molar-refractivity contribution in [3.8, 4) is 11.5 Å². The van der Waals surface area contributed by atoms with Crippen LogP contribution >= 0.6 is 0 Å². The molecule has 0 bridgehead atoms. The van der Waals surface area contributed by atoms with Gasteiger partial charge in [0.1, 0.15) is 5.69 Å². The fourth-order valence-electron chi connectivity index (χ4n) is 2.49. The normalized spacial score (nSPS) is 11.3. The smallest absolute Gasteiger partial charge is 0.338 e. The highest BCUT2D eigenvalue weighted by Gasteiger charge is 2.22. The Hall–Kier alpha value is -2.63. The number of aryl methyl sites for hydroxylation is 1. The van der Waals surface area contributed by atoms with Gasteiger partial charge >= 0.3 is 5.97 Å². The molecule has 0 saturated carbocycles. The van der Waals surface area contributed by atoms with Crippen LogP contribution in [0.4, 0.5) is 0 Å². The topological polar surface area (TPSA) is 70.2 Å². The van der Waals surface area contributed by atoms with Crippen molar-refractivity contribution < 1.29 is 13.9 Å². The van der Waals surface area contributed by atoms with E-state index in [1.807, 2.05) is 25.5 Å². The molecule has 6 nitrogen and oxygen atoms in total. The molecule has 0 aliphatic heterocycles. The second-order valence-electron chi connectivity index (χ2n) is 5.35. The van der Waals surface area contributed by atoms with E-state index in [1.54, 1.807) is 24.5 Å². The third-order valence-corrected chi connectivity index (χ3v) is 3.50. The summed E-state index contributed by atoms with van der Waals surface area (Å²) in [6.07, 6.45) is 1.57. The van der Waals surface area contributed by atoms with Gasteiger partial charge in [-0.15, -0.1) is 0 Å². The predicted molar refractivity (Wildman–Crippen MR) is 81.7 cm³/mol. The van der Waals surface area contributed by atoms with Gasteiger partial charge in [0.15, 0.2) is 11.4 Å². The Kier molecular flexibility index (Phi) is 3.44. The summed E-state index contributed by atoms with van der Waals surface area (Å²) in [5.41, 5.74) is 2.44. The second-order valence-corrected chi connectivity index (χ2v) is 5.35. The zero-order valence-corrected chi connectivity index (χ0v) is 13.0. The highest BCUT2D eigenvalue weighted by Crippen LogP contribution is 2.29. The van der Waals surface area contributed by atoms with E-state index in [0.29, 0.717) is 22.7 Å². The van der Waals surface area contributed by atoms with Gasteiger partial charge < -0.3 is 9.15 Å². The molecule has 114 valence electrons. The maximum Gasteiger partial charge on any atom is 0.338 e. The maximum atomic E-state index is 12.2. The molecule has 0 radical (unpaired) electrons. The molecule has 6 heteroatoms. The number of fused-ring (bicyclic) bond motifs is 1. The largest absolute Gasteiger partial charge is 0.465 e. The fourth-order valence-corrected chi connectivity index (χ4v) is 2.49. The SMILES string of the molecule is COC(=O)c1cc(-c2ccco2)nc2c1c(C)nn2C(C)C. The van der Waals surface area contributed by atoms with Gasteiger partial charge in [0.2, 0.25) is 0 Å². The summed E-state index contributed by atoms with van der Waals surface area (Å²) >= 11 is 0. The Morgan fingerprint density at radius 1 is 1.41 bits per heavy atom. The standard InChI is InChI=1S/C16H17N3O3/c1-9(2)19-15-14(10(3)18-19)11(16(20)21-4)8-12(17-15)13-6-5-7-22-13/h5-9H,1-4H3. The van der Waals surface area contributed by atoms with Crippen LogP contribution in [-0.4, -0.2) is 27.8 Å². The number of pyridine rings is 1. The van der Waals surface area contributed by atoms with Crippen molar-refractivity contribution in [3.05, 3.63) is 35.7 Å². The molecular formula is C16H17N3O3. The number of rotatable bonds is 3. The summed E-state index contributed by atoms with van der Waals surface area (Å²) in [6, 6.07) is 5.40. The number of ether oxygens (including phenoxy) is 1. The van der Waals surface area contributed by atoms with Crippen LogP contribution in [0, 0.1) is 6.92 Å². The highest BCUT2D eigenvalue weighted by molar-refractivity contribution is 6.04. The van der Waals surface area contributed by atoms with E-state index in [0.717, 1.165) is 11.1 Å². The fraction of sp³-hybridized carbons (Fsp3) is 0.312. The summed E-state index contributed by atoms with van der Waals surface area (Å²) in [5.74, 6) is 0.188. The Balaban J connectivity index is 2.37. The third kappa shape index (κ3) is 2.16. The zero-order valence-electron chi connectivity index (χ0n) is 13.0. The molecule has 3 aromatic rings. The molecule has 0 aliphatic carbocycles. The molecule has 0 unspecified atom stereocenters. The van der Waals surface area contributed by atoms with Gasteiger partial charge in [-0.05, 0) is 39.0 Å². The van der Waals surface area contributed by atoms with Gasteiger partial charge in [0.05, 0.1) is 30.0 Å². The molecule has 0 saturated heterocycles. The van der Waals surface area contributed by atoms with Gasteiger partial charge in [-0.1, -0.05) is 0 Å². The summed E-state index contributed by atoms with van der Waals surface area (Å²) in [6.45, 7) is 5.90. The van der Waals surface area contributed by atoms with Gasteiger partial charge in [0, 0.05) is 6.04 Å². The Morgan fingerprint density at radius 2 is 2.18 bits per heavy atom. The van der Waals surface area contributed by atoms with Crippen molar-refractivity contribution in [2.75, 3.05) is 7.11 Å². The first-order chi connectivity index (χ1) is 10.5. The van der Waals surface area contributed by atoms with E-state index >= 15 is 0 Å². The minimum atomic E-state index is -0.411. The maximum absolute atomic E-state index is 12.2. The number of hydrogen-bond acceptors (Lipinski definition) is 5. The predicted octanol–water partition coefficient (Wildman–Crippen LogP) is 3.37. The van der Waals surface area contributed by atoms with E-state index in [1.165, 1.54) is 7.11 Å². The van der Waals surface area contributed by atoms with Crippen LogP contribution in [0.15, 0.2) is 28.9 Å². The average molecular weight is 299 g/mol. The zero-order chi connectivity index (χ0) is 15.9. The molecular weight excluding hydrogens is 282 g/mol. The number of carbonyl (C=O) groups is 1. The van der Waals surface area contributed by atoms with Crippen molar-refractivity contribution >= 4 is 17.0 Å². The molecule has 0 fully saturated rings. The number of methoxy groups -OCH3 is 1. The lowest BCUT2D eigenvalue weighted by Crippen LogP contribution is -2.06. The van der Waals surface area contributed by atoms with E-state index in [2.05, 4.69) is 10.1 Å². The average Bonchev–Trinajstić information content (AvgIpc) is 3.14. The van der Waals surface area contributed by atoms with E-state index in [9.17, 15) is 4.79 Å². The van der Waals surface area contributed by atoms with Gasteiger partial charge in [0.25, 0.3) is 0 Å². The molecule has 0 N–H and O–H groups in total. The lowest BCUT2D eigenvalue weighted by molar-refractivity contribution is 0.0603. The molecule has 0 aromatic carbocycles. The van der Waals surface area contributed by atoms with Crippen LogP contribution in [0.2, 0.25) is 0 Å². The second kappa shape index (κ2) is 5.29. The first kappa shape index (κ1) is 14.3. The van der Waals surface area contributed by atoms with Crippen molar-refractivity contribution in [2.45, 2.75) is 26.8 Å². The number of carbonyl (C=O) groups excluding carboxylic acids is 1. The first-order valence-electron chi connectivity index (χ1n) is 7.05. The molecule has 3 heterocycles. The summed E-state index contributed by atoms with van der Waals surface area (Å²) < 4.78 is 12.1. The molecule has 0 spiro atoms. The van der Waals surface area contributed by atoms with Crippen LogP contribution in [0.3, 0.4) is 0 Å². The summed E-state index contributed by atoms with van der Waals surface area (Å²) in [5, 5.41) is 5.22. The number of aromatic nitrogens is 3. The highest BCUT2D eigenvalue weighted by atomic mass is 16.5. The van der Waals surface area contributed by atoms with E-state index in [4.69, 9.17) is 9.15 Å². The lowest BCUT2D eigenvalue weighted by Gasteiger charge is -2.08. The number of hydrogen-bond donors (Lipinski definition) is 0. The summed E-state index contributed by atoms with van der Waals surface area (Å²) in [4.78, 5) is 16.8. The Labute approximate surface area is 127 Å². The molecule has 3 aromatic heterocycles. The van der Waals surface area contributed by atoms with Crippen LogP contribution in [-0.2, 0) is 4.74 Å². The van der Waals surface area contributed by atoms with E-state index in [-0.39, 0.29) is 6.04 Å². The number of furan rings is 1. The van der Waals surface area contributed by atoms with Crippen molar-refractivity contribution in [3.63, 3.8) is 0 Å². The summed E-state index contributed by atoms with van der Waals surface area (Å²) in [7, 11) is 1.36. The van der Waals surface area contributed by atoms with Crippen LogP contribution in [0.25, 0.3) is 22.5 Å². The van der Waals surface area contributed by atoms with Crippen LogP contribution in [0.5, 0.6) is 0 Å². The minimum absolute atomic E-state index is 0.126. The van der Waals surface area contributed by atoms with Gasteiger partial charge in [-0.3, -0.25) is 0 Å². The molecule has 0 amide bonds. The molecule has 0 aliphatic rings. The van der Waals surface area contributed by atoms with Gasteiger partial charge in [-0.2, -0.15) is 5.10 Å². The lowest BCUT2D eigenvalue weighted by atomic mass is 10.1. The van der Waals surface area contributed by atoms with Crippen molar-refractivity contribution in [1.82, 2.24) is 14.8 Å². The Bertz CT molecular complexity index is 832. The number of esters is 1. The van der Waals surface area contributed by atoms with Crippen molar-refractivity contribution in [2.24, 2.45) is 0 Å². The monoisotopic (exact) mass is 299 g/mol. The van der Waals surface area contributed by atoms with Crippen molar-refractivity contribution in [1.29, 1.82) is 0 Å². The third-order valence-electron chi connectivity index (χ3n) is 3.50. The van der Waals surface area contributed by atoms with Crippen LogP contribution in [0.1, 0.15) is 35.9 Å². The van der Waals surface area contributed by atoms with Crippen LogP contribution < -0.4 is 0 Å².